The molecule has 5 aliphatic carbocycles. The summed E-state index contributed by atoms with van der Waals surface area (Å²) < 4.78 is 12.3. The monoisotopic (exact) mass is 407 g/mol. The summed E-state index contributed by atoms with van der Waals surface area (Å²) in [4.78, 5) is 2.55. The third-order valence-electron chi connectivity index (χ3n) is 11.0. The molecule has 0 aromatic rings. The van der Waals surface area contributed by atoms with E-state index >= 15 is 0 Å². The van der Waals surface area contributed by atoms with Crippen molar-refractivity contribution in [1.29, 1.82) is 0 Å². The lowest BCUT2D eigenvalue weighted by molar-refractivity contribution is -0.273. The molecule has 0 aromatic heterocycles. The first-order valence-electron chi connectivity index (χ1n) is 11.7. The minimum Gasteiger partial charge on any atom is -0.392 e. The molecule has 1 heterocycles. The average molecular weight is 408 g/mol. The number of piperidine rings is 1. The summed E-state index contributed by atoms with van der Waals surface area (Å²) in [6, 6.07) is 0.110. The average Bonchev–Trinajstić information content (AvgIpc) is 3.09. The molecule has 6 nitrogen and oxygen atoms in total. The first kappa shape index (κ1) is 19.4. The molecule has 1 spiro atoms. The Kier molecular flexibility index (Phi) is 3.86. The topological polar surface area (TPSA) is 82.4 Å². The van der Waals surface area contributed by atoms with E-state index < -0.39 is 23.9 Å². The van der Waals surface area contributed by atoms with Crippen molar-refractivity contribution in [3.05, 3.63) is 0 Å². The Morgan fingerprint density at radius 3 is 2.52 bits per heavy atom. The van der Waals surface area contributed by atoms with Gasteiger partial charge in [0.2, 0.25) is 0 Å². The Labute approximate surface area is 173 Å². The maximum atomic E-state index is 11.9. The fraction of sp³-hybridized carbons (Fsp3) is 1.00. The van der Waals surface area contributed by atoms with E-state index in [1.807, 2.05) is 0 Å². The van der Waals surface area contributed by atoms with Gasteiger partial charge in [0.05, 0.1) is 30.0 Å². The van der Waals surface area contributed by atoms with Crippen LogP contribution in [-0.2, 0) is 9.47 Å². The molecule has 0 amide bonds. The van der Waals surface area contributed by atoms with E-state index in [1.54, 1.807) is 14.2 Å². The summed E-state index contributed by atoms with van der Waals surface area (Å²) in [5.41, 5.74) is -0.948. The van der Waals surface area contributed by atoms with Gasteiger partial charge in [-0.05, 0) is 37.1 Å². The molecule has 5 saturated carbocycles. The van der Waals surface area contributed by atoms with Crippen molar-refractivity contribution in [2.75, 3.05) is 27.3 Å². The second-order valence-electron chi connectivity index (χ2n) is 11.4. The van der Waals surface area contributed by atoms with E-state index in [1.165, 1.54) is 0 Å². The molecular weight excluding hydrogens is 370 g/mol. The Hall–Kier alpha value is -0.240. The van der Waals surface area contributed by atoms with Gasteiger partial charge in [0.1, 0.15) is 0 Å². The van der Waals surface area contributed by atoms with Gasteiger partial charge in [-0.2, -0.15) is 0 Å². The summed E-state index contributed by atoms with van der Waals surface area (Å²) in [5, 5.41) is 35.1. The van der Waals surface area contributed by atoms with Gasteiger partial charge in [0.15, 0.2) is 0 Å². The molecule has 1 aliphatic heterocycles. The zero-order valence-corrected chi connectivity index (χ0v) is 18.1. The summed E-state index contributed by atoms with van der Waals surface area (Å²) in [7, 11) is 3.50. The molecule has 6 heteroatoms. The molecule has 7 bridgehead atoms. The maximum absolute atomic E-state index is 11.9. The number of ether oxygens (including phenoxy) is 2. The van der Waals surface area contributed by atoms with E-state index in [-0.39, 0.29) is 52.6 Å². The second-order valence-corrected chi connectivity index (χ2v) is 11.4. The SMILES string of the molecule is CCN1C[C@]2(C)CC[C@H](O)[C@]34C1[C@H]([C@@H](O)[C@H]23)[C@@]1(OC)C[C@H](OC)[C@H]2C[C@@H]4[C@@H]1[C@H]2O. The lowest BCUT2D eigenvalue weighted by Crippen LogP contribution is -2.75. The van der Waals surface area contributed by atoms with Crippen LogP contribution in [0.1, 0.15) is 39.5 Å². The summed E-state index contributed by atoms with van der Waals surface area (Å²) in [5.74, 6) is 0.208. The van der Waals surface area contributed by atoms with Crippen molar-refractivity contribution >= 4 is 0 Å². The van der Waals surface area contributed by atoms with Gasteiger partial charge in [-0.3, -0.25) is 4.90 Å². The van der Waals surface area contributed by atoms with Crippen molar-refractivity contribution in [1.82, 2.24) is 4.90 Å². The minimum atomic E-state index is -0.594. The van der Waals surface area contributed by atoms with Gasteiger partial charge in [0, 0.05) is 62.3 Å². The number of fused-ring (bicyclic) bond motifs is 2. The van der Waals surface area contributed by atoms with Gasteiger partial charge >= 0.3 is 0 Å². The number of hydrogen-bond donors (Lipinski definition) is 3. The maximum Gasteiger partial charge on any atom is 0.0827 e. The van der Waals surface area contributed by atoms with Crippen LogP contribution >= 0.6 is 0 Å². The molecule has 0 aromatic carbocycles. The summed E-state index contributed by atoms with van der Waals surface area (Å²) in [6.07, 6.45) is 1.88. The third kappa shape index (κ3) is 1.81. The molecule has 29 heavy (non-hydrogen) atoms. The van der Waals surface area contributed by atoms with Crippen molar-refractivity contribution in [3.63, 3.8) is 0 Å². The first-order valence-corrected chi connectivity index (χ1v) is 11.7. The van der Waals surface area contributed by atoms with Gasteiger partial charge in [-0.15, -0.1) is 0 Å². The molecule has 6 aliphatic rings. The van der Waals surface area contributed by atoms with Crippen LogP contribution in [0.25, 0.3) is 0 Å². The van der Waals surface area contributed by atoms with Crippen LogP contribution in [0.3, 0.4) is 0 Å². The predicted octanol–water partition coefficient (Wildman–Crippen LogP) is 0.876. The molecule has 13 atom stereocenters. The highest BCUT2D eigenvalue weighted by Crippen LogP contribution is 2.79. The van der Waals surface area contributed by atoms with E-state index in [0.717, 1.165) is 38.8 Å². The largest absolute Gasteiger partial charge is 0.392 e. The number of hydrogen-bond acceptors (Lipinski definition) is 6. The molecule has 6 fully saturated rings. The van der Waals surface area contributed by atoms with Crippen LogP contribution in [0.5, 0.6) is 0 Å². The normalized spacial score (nSPS) is 65.1. The molecule has 3 N–H and O–H groups in total. The van der Waals surface area contributed by atoms with Crippen LogP contribution in [0, 0.1) is 40.4 Å². The standard InChI is InChI=1S/C23H37NO5/c1-5-24-10-21(2)7-6-14(25)23-12-8-11-13(28-3)9-22(29-4,15(12)17(11)26)16(20(23)24)18(27)19(21)23/h11-20,25-27H,5-10H2,1-4H3/t11-,12-,13+,14+,15-,16+,17+,18-,19-,20?,21+,22-,23+/m1/s1. The van der Waals surface area contributed by atoms with Gasteiger partial charge in [-0.1, -0.05) is 13.8 Å². The fourth-order valence-corrected chi connectivity index (χ4v) is 10.5. The third-order valence-corrected chi connectivity index (χ3v) is 11.0. The highest BCUT2D eigenvalue weighted by Gasteiger charge is 2.85. The lowest BCUT2D eigenvalue weighted by atomic mass is 9.43. The Morgan fingerprint density at radius 2 is 1.86 bits per heavy atom. The summed E-state index contributed by atoms with van der Waals surface area (Å²) >= 11 is 0. The summed E-state index contributed by atoms with van der Waals surface area (Å²) in [6.45, 7) is 6.45. The van der Waals surface area contributed by atoms with E-state index in [4.69, 9.17) is 9.47 Å². The number of aliphatic hydroxyl groups excluding tert-OH is 3. The van der Waals surface area contributed by atoms with E-state index in [2.05, 4.69) is 18.7 Å². The van der Waals surface area contributed by atoms with Crippen LogP contribution in [0.2, 0.25) is 0 Å². The smallest absolute Gasteiger partial charge is 0.0827 e. The molecule has 1 unspecified atom stereocenters. The van der Waals surface area contributed by atoms with Crippen molar-refractivity contribution < 1.29 is 24.8 Å². The first-order chi connectivity index (χ1) is 13.8. The number of methoxy groups -OCH3 is 2. The lowest BCUT2D eigenvalue weighted by Gasteiger charge is -2.68. The number of likely N-dealkylation sites (tertiary alicyclic amines) is 1. The number of aliphatic hydroxyl groups is 3. The van der Waals surface area contributed by atoms with Crippen molar-refractivity contribution in [2.24, 2.45) is 40.4 Å². The van der Waals surface area contributed by atoms with Crippen LogP contribution in [-0.4, -0.2) is 83.6 Å². The molecule has 164 valence electrons. The Balaban J connectivity index is 1.64. The van der Waals surface area contributed by atoms with E-state index in [9.17, 15) is 15.3 Å². The zero-order valence-electron chi connectivity index (χ0n) is 18.1. The van der Waals surface area contributed by atoms with Crippen LogP contribution < -0.4 is 0 Å². The predicted molar refractivity (Wildman–Crippen MR) is 106 cm³/mol. The van der Waals surface area contributed by atoms with Gasteiger partial charge in [-0.25, -0.2) is 0 Å². The highest BCUT2D eigenvalue weighted by atomic mass is 16.5. The van der Waals surface area contributed by atoms with Crippen LogP contribution in [0.4, 0.5) is 0 Å². The van der Waals surface area contributed by atoms with Crippen molar-refractivity contribution in [3.8, 4) is 0 Å². The fourth-order valence-electron chi connectivity index (χ4n) is 10.5. The van der Waals surface area contributed by atoms with Crippen LogP contribution in [0.15, 0.2) is 0 Å². The Bertz CT molecular complexity index is 719. The van der Waals surface area contributed by atoms with Gasteiger partial charge in [0.25, 0.3) is 0 Å². The number of nitrogens with zero attached hydrogens (tertiary/aromatic N) is 1. The number of rotatable bonds is 3. The quantitative estimate of drug-likeness (QED) is 0.644. The zero-order chi connectivity index (χ0) is 20.5. The molecule has 1 saturated heterocycles. The minimum absolute atomic E-state index is 0.00281. The second kappa shape index (κ2) is 5.76. The van der Waals surface area contributed by atoms with Crippen molar-refractivity contribution in [2.45, 2.75) is 75.6 Å². The van der Waals surface area contributed by atoms with Gasteiger partial charge < -0.3 is 24.8 Å². The highest BCUT2D eigenvalue weighted by molar-refractivity contribution is 5.35. The molecule has 0 radical (unpaired) electrons. The van der Waals surface area contributed by atoms with E-state index in [0.29, 0.717) is 0 Å². The molecule has 6 rings (SSSR count). The molecular formula is C23H37NO5. The Morgan fingerprint density at radius 1 is 1.10 bits per heavy atom.